The number of nitrogens with one attached hydrogen (secondary N) is 1. The largest absolute Gasteiger partial charge is 0.489 e. The number of Topliss-reactive ketones (excluding diaryl/α,β-unsaturated/α-hetero) is 1. The fraction of sp³-hybridized carbons (Fsp3) is 0.414. The molecular weight excluding hydrogens is 488 g/mol. The average Bonchev–Trinajstić information content (AvgIpc) is 3.30. The number of rotatable bonds is 9. The van der Waals surface area contributed by atoms with Crippen molar-refractivity contribution >= 4 is 17.1 Å². The van der Waals surface area contributed by atoms with Crippen LogP contribution in [-0.2, 0) is 11.3 Å². The molecule has 2 aromatic heterocycles. The number of carbonyl (C=O) groups excluding carboxylic acids is 1. The van der Waals surface area contributed by atoms with Crippen molar-refractivity contribution in [3.05, 3.63) is 65.3 Å². The molecule has 3 N–H and O–H groups in total. The molecule has 0 aliphatic rings. The van der Waals surface area contributed by atoms with Crippen molar-refractivity contribution in [1.29, 1.82) is 0 Å². The molecular formula is C29H39F2N5O2. The van der Waals surface area contributed by atoms with Crippen LogP contribution in [0.4, 0.5) is 8.78 Å². The van der Waals surface area contributed by atoms with Crippen molar-refractivity contribution in [2.75, 3.05) is 20.7 Å². The van der Waals surface area contributed by atoms with Gasteiger partial charge in [0.15, 0.2) is 17.3 Å². The Hall–Kier alpha value is -3.59. The molecule has 0 bridgehead atoms. The van der Waals surface area contributed by atoms with E-state index in [1.54, 1.807) is 53.1 Å². The molecule has 0 aliphatic carbocycles. The Morgan fingerprint density at radius 2 is 1.87 bits per heavy atom. The van der Waals surface area contributed by atoms with Crippen molar-refractivity contribution < 1.29 is 18.3 Å². The molecule has 3 rings (SSSR count). The van der Waals surface area contributed by atoms with E-state index in [1.165, 1.54) is 6.07 Å². The van der Waals surface area contributed by atoms with Crippen LogP contribution in [0, 0.1) is 17.0 Å². The van der Waals surface area contributed by atoms with E-state index < -0.39 is 17.0 Å². The number of aromatic nitrogens is 2. The van der Waals surface area contributed by atoms with Crippen LogP contribution in [0.2, 0.25) is 0 Å². The van der Waals surface area contributed by atoms with Crippen molar-refractivity contribution in [1.82, 2.24) is 14.7 Å². The zero-order chi connectivity index (χ0) is 28.6. The zero-order valence-electron chi connectivity index (χ0n) is 23.6. The lowest BCUT2D eigenvalue weighted by Gasteiger charge is -2.20. The maximum atomic E-state index is 15.0. The Bertz CT molecular complexity index is 1340. The number of ketones is 1. The first-order chi connectivity index (χ1) is 18.0. The number of benzene rings is 1. The number of hydrogen-bond donors (Lipinski definition) is 2. The monoisotopic (exact) mass is 527 g/mol. The quantitative estimate of drug-likeness (QED) is 0.275. The number of ether oxygens (including phenoxy) is 1. The Morgan fingerprint density at radius 3 is 2.47 bits per heavy atom. The van der Waals surface area contributed by atoms with Gasteiger partial charge in [0.05, 0.1) is 24.2 Å². The van der Waals surface area contributed by atoms with Crippen molar-refractivity contribution in [2.45, 2.75) is 54.5 Å². The Labute approximate surface area is 223 Å². The Kier molecular flexibility index (Phi) is 10.7. The van der Waals surface area contributed by atoms with Gasteiger partial charge >= 0.3 is 0 Å². The van der Waals surface area contributed by atoms with Crippen molar-refractivity contribution in [3.8, 4) is 16.9 Å². The third-order valence-corrected chi connectivity index (χ3v) is 5.92. The predicted molar refractivity (Wildman–Crippen MR) is 149 cm³/mol. The van der Waals surface area contributed by atoms with E-state index in [0.717, 1.165) is 17.4 Å². The van der Waals surface area contributed by atoms with Crippen LogP contribution in [-0.4, -0.2) is 41.6 Å². The molecule has 0 atom stereocenters. The van der Waals surface area contributed by atoms with Gasteiger partial charge in [0.25, 0.3) is 0 Å². The highest BCUT2D eigenvalue weighted by Gasteiger charge is 2.26. The minimum Gasteiger partial charge on any atom is -0.489 e. The van der Waals surface area contributed by atoms with E-state index >= 15 is 0 Å². The van der Waals surface area contributed by atoms with E-state index in [4.69, 9.17) is 10.5 Å². The summed E-state index contributed by atoms with van der Waals surface area (Å²) in [7, 11) is 3.43. The van der Waals surface area contributed by atoms with Crippen LogP contribution < -0.4 is 15.8 Å². The number of nitrogens with zero attached hydrogens (tertiary/aromatic N) is 3. The van der Waals surface area contributed by atoms with Gasteiger partial charge in [-0.3, -0.25) is 9.79 Å². The Morgan fingerprint density at radius 1 is 1.18 bits per heavy atom. The third kappa shape index (κ3) is 6.83. The highest BCUT2D eigenvalue weighted by atomic mass is 19.2. The normalized spacial score (nSPS) is 12.6. The maximum Gasteiger partial charge on any atom is 0.201 e. The molecule has 0 saturated heterocycles. The summed E-state index contributed by atoms with van der Waals surface area (Å²) in [5.74, 6) is -2.53. The summed E-state index contributed by atoms with van der Waals surface area (Å²) in [6.07, 6.45) is 3.76. The minimum atomic E-state index is -1.08. The van der Waals surface area contributed by atoms with Gasteiger partial charge < -0.3 is 20.2 Å². The molecule has 2 heterocycles. The summed E-state index contributed by atoms with van der Waals surface area (Å²) in [5.41, 5.74) is 9.41. The smallest absolute Gasteiger partial charge is 0.201 e. The van der Waals surface area contributed by atoms with Gasteiger partial charge in [-0.1, -0.05) is 34.6 Å². The molecule has 9 heteroatoms. The van der Waals surface area contributed by atoms with E-state index in [-0.39, 0.29) is 30.3 Å². The van der Waals surface area contributed by atoms with Crippen LogP contribution in [0.15, 0.2) is 52.9 Å². The molecule has 0 saturated carbocycles. The number of carbonyl (C=O) groups is 1. The topological polar surface area (TPSA) is 94.0 Å². The standard InChI is InChI=1S/C27H33F2N5O2.C2H6/c1-16(32-6)19(24(30)26(35)27(2,3)4)11-12-36-25-20(8-9-21(28)23(25)29)17-7-10-22-33-14-18(13-31-5)34(22)15-17;1-2/h7-10,14-15,31H,11-13,30H2,1-6H3;1-2H3/b24-19-,32-16?;. The van der Waals surface area contributed by atoms with E-state index in [1.807, 2.05) is 31.5 Å². The number of hydrogen-bond acceptors (Lipinski definition) is 6. The van der Waals surface area contributed by atoms with Gasteiger partial charge in [0.2, 0.25) is 5.82 Å². The number of nitrogens with two attached hydrogens (primary N) is 1. The zero-order valence-corrected chi connectivity index (χ0v) is 23.6. The maximum absolute atomic E-state index is 15.0. The number of pyridine rings is 1. The van der Waals surface area contributed by atoms with E-state index in [9.17, 15) is 13.6 Å². The van der Waals surface area contributed by atoms with Crippen molar-refractivity contribution in [2.24, 2.45) is 16.1 Å². The first-order valence-corrected chi connectivity index (χ1v) is 12.7. The van der Waals surface area contributed by atoms with Crippen LogP contribution >= 0.6 is 0 Å². The molecule has 1 aromatic carbocycles. The Balaban J connectivity index is 0.00000247. The van der Waals surface area contributed by atoms with Gasteiger partial charge in [-0.25, -0.2) is 9.37 Å². The van der Waals surface area contributed by atoms with Gasteiger partial charge in [0, 0.05) is 54.0 Å². The molecule has 0 unspecified atom stereocenters. The van der Waals surface area contributed by atoms with Crippen LogP contribution in [0.5, 0.6) is 5.75 Å². The molecule has 0 amide bonds. The van der Waals surface area contributed by atoms with E-state index in [0.29, 0.717) is 29.0 Å². The number of fused-ring (bicyclic) bond motifs is 1. The van der Waals surface area contributed by atoms with Gasteiger partial charge in [-0.2, -0.15) is 4.39 Å². The molecule has 206 valence electrons. The third-order valence-electron chi connectivity index (χ3n) is 5.92. The summed E-state index contributed by atoms with van der Waals surface area (Å²) in [6, 6.07) is 6.14. The predicted octanol–water partition coefficient (Wildman–Crippen LogP) is 5.71. The number of halogens is 2. The molecule has 7 nitrogen and oxygen atoms in total. The number of imidazole rings is 1. The second-order valence-corrected chi connectivity index (χ2v) is 9.54. The van der Waals surface area contributed by atoms with Crippen LogP contribution in [0.1, 0.15) is 53.7 Å². The van der Waals surface area contributed by atoms with Crippen LogP contribution in [0.3, 0.4) is 0 Å². The summed E-state index contributed by atoms with van der Waals surface area (Å²) in [5, 5.41) is 3.08. The molecule has 0 radical (unpaired) electrons. The summed E-state index contributed by atoms with van der Waals surface area (Å²) >= 11 is 0. The van der Waals surface area contributed by atoms with E-state index in [2.05, 4.69) is 15.3 Å². The lowest BCUT2D eigenvalue weighted by Crippen LogP contribution is -2.29. The molecule has 0 spiro atoms. The number of aliphatic imine (C=N–C) groups is 1. The number of allylic oxidation sites excluding steroid dienone is 1. The molecule has 0 fully saturated rings. The highest BCUT2D eigenvalue weighted by Crippen LogP contribution is 2.34. The molecule has 0 aliphatic heterocycles. The van der Waals surface area contributed by atoms with Crippen molar-refractivity contribution in [3.63, 3.8) is 0 Å². The van der Waals surface area contributed by atoms with Gasteiger partial charge in [-0.05, 0) is 38.2 Å². The first kappa shape index (κ1) is 30.6. The summed E-state index contributed by atoms with van der Waals surface area (Å²) < 4.78 is 36.8. The second-order valence-electron chi connectivity index (χ2n) is 9.54. The lowest BCUT2D eigenvalue weighted by molar-refractivity contribution is -0.122. The summed E-state index contributed by atoms with van der Waals surface area (Å²) in [4.78, 5) is 21.3. The lowest BCUT2D eigenvalue weighted by atomic mass is 9.86. The van der Waals surface area contributed by atoms with Gasteiger partial charge in [-0.15, -0.1) is 0 Å². The second kappa shape index (κ2) is 13.3. The summed E-state index contributed by atoms with van der Waals surface area (Å²) in [6.45, 7) is 11.6. The van der Waals surface area contributed by atoms with Gasteiger partial charge in [0.1, 0.15) is 5.65 Å². The molecule has 38 heavy (non-hydrogen) atoms. The SMILES string of the molecule is CC.CN=C(C)/C(CCOc1c(-c2ccc3ncc(CNC)n3c2)ccc(F)c1F)=C(\N)C(=O)C(C)(C)C. The average molecular weight is 528 g/mol. The fourth-order valence-electron chi connectivity index (χ4n) is 3.84. The highest BCUT2D eigenvalue weighted by molar-refractivity contribution is 6.08. The minimum absolute atomic E-state index is 0.0357. The fourth-order valence-corrected chi connectivity index (χ4v) is 3.84. The first-order valence-electron chi connectivity index (χ1n) is 12.7. The van der Waals surface area contributed by atoms with Crippen LogP contribution in [0.25, 0.3) is 16.8 Å². The molecule has 3 aromatic rings.